The molecule has 0 aromatic rings. The van der Waals surface area contributed by atoms with Gasteiger partial charge in [-0.25, -0.2) is 4.79 Å². The van der Waals surface area contributed by atoms with E-state index in [0.717, 1.165) is 57.9 Å². The van der Waals surface area contributed by atoms with Gasteiger partial charge in [-0.15, -0.1) is 0 Å². The Morgan fingerprint density at radius 3 is 2.14 bits per heavy atom. The van der Waals surface area contributed by atoms with Crippen LogP contribution in [0.2, 0.25) is 0 Å². The lowest BCUT2D eigenvalue weighted by molar-refractivity contribution is -0.138. The average molecular weight is 395 g/mol. The highest BCUT2D eigenvalue weighted by Gasteiger charge is 2.40. The molecule has 1 heterocycles. The molecule has 0 spiro atoms. The molecule has 0 unspecified atom stereocenters. The van der Waals surface area contributed by atoms with Crippen molar-refractivity contribution in [1.29, 1.82) is 0 Å². The van der Waals surface area contributed by atoms with Gasteiger partial charge in [-0.2, -0.15) is 0 Å². The molecule has 0 bridgehead atoms. The number of nitrogens with zero attached hydrogens (tertiary/aromatic N) is 1. The highest BCUT2D eigenvalue weighted by molar-refractivity contribution is 5.94. The fraction of sp³-hybridized carbons (Fsp3) is 0.826. The van der Waals surface area contributed by atoms with E-state index in [1.165, 1.54) is 12.2 Å². The van der Waals surface area contributed by atoms with E-state index in [9.17, 15) is 9.59 Å². The van der Waals surface area contributed by atoms with Crippen LogP contribution < -0.4 is 5.32 Å². The van der Waals surface area contributed by atoms with Crippen LogP contribution in [0.3, 0.4) is 0 Å². The predicted octanol–water partition coefficient (Wildman–Crippen LogP) is 4.60. The second kappa shape index (κ2) is 11.6. The molecule has 162 valence electrons. The lowest BCUT2D eigenvalue weighted by atomic mass is 9.79. The summed E-state index contributed by atoms with van der Waals surface area (Å²) in [7, 11) is 0. The number of carbonyl (C=O) groups is 2. The van der Waals surface area contributed by atoms with E-state index in [0.29, 0.717) is 6.61 Å². The quantitative estimate of drug-likeness (QED) is 0.316. The fourth-order valence-corrected chi connectivity index (χ4v) is 4.27. The molecule has 1 N–H and O–H groups in total. The van der Waals surface area contributed by atoms with E-state index in [4.69, 9.17) is 4.74 Å². The third-order valence-electron chi connectivity index (χ3n) is 5.25. The number of piperidine rings is 1. The molecule has 0 aromatic carbocycles. The molecule has 0 aromatic heterocycles. The van der Waals surface area contributed by atoms with Crippen LogP contribution in [0.4, 0.5) is 0 Å². The number of ether oxygens (including phenoxy) is 1. The van der Waals surface area contributed by atoms with Gasteiger partial charge in [0.1, 0.15) is 0 Å². The van der Waals surface area contributed by atoms with Gasteiger partial charge >= 0.3 is 5.97 Å². The number of nitrogens with one attached hydrogen (secondary N) is 1. The van der Waals surface area contributed by atoms with Crippen molar-refractivity contribution in [3.05, 3.63) is 12.2 Å². The summed E-state index contributed by atoms with van der Waals surface area (Å²) in [4.78, 5) is 26.8. The van der Waals surface area contributed by atoms with Crippen LogP contribution in [0.1, 0.15) is 92.9 Å². The zero-order chi connectivity index (χ0) is 21.2. The van der Waals surface area contributed by atoms with Gasteiger partial charge in [0.25, 0.3) is 0 Å². The minimum Gasteiger partial charge on any atom is -0.463 e. The minimum atomic E-state index is -0.425. The van der Waals surface area contributed by atoms with Crippen molar-refractivity contribution in [2.45, 2.75) is 110 Å². The van der Waals surface area contributed by atoms with Crippen LogP contribution in [0.25, 0.3) is 0 Å². The molecule has 0 atom stereocenters. The number of carbonyl (C=O) groups excluding carboxylic acids is 2. The third kappa shape index (κ3) is 9.22. The maximum Gasteiger partial charge on any atom is 0.330 e. The van der Waals surface area contributed by atoms with Gasteiger partial charge < -0.3 is 15.0 Å². The van der Waals surface area contributed by atoms with Crippen LogP contribution in [0, 0.1) is 0 Å². The number of hydrogen-bond donors (Lipinski definition) is 1. The molecule has 1 rings (SSSR count). The normalized spacial score (nSPS) is 18.9. The average Bonchev–Trinajstić information content (AvgIpc) is 2.57. The lowest BCUT2D eigenvalue weighted by Crippen LogP contribution is -2.62. The first-order valence-corrected chi connectivity index (χ1v) is 11.0. The van der Waals surface area contributed by atoms with Crippen LogP contribution >= 0.6 is 0 Å². The second-order valence-corrected chi connectivity index (χ2v) is 9.40. The Balaban J connectivity index is 2.70. The summed E-state index contributed by atoms with van der Waals surface area (Å²) in [5.74, 6) is -0.513. The molecular weight excluding hydrogens is 352 g/mol. The van der Waals surface area contributed by atoms with Gasteiger partial charge in [0, 0.05) is 35.8 Å². The first kappa shape index (κ1) is 24.7. The van der Waals surface area contributed by atoms with Crippen molar-refractivity contribution in [3.8, 4) is 0 Å². The fourth-order valence-electron chi connectivity index (χ4n) is 4.27. The zero-order valence-corrected chi connectivity index (χ0v) is 19.0. The van der Waals surface area contributed by atoms with Gasteiger partial charge in [0.2, 0.25) is 5.91 Å². The van der Waals surface area contributed by atoms with Crippen LogP contribution in [-0.2, 0) is 14.3 Å². The first-order chi connectivity index (χ1) is 13.1. The van der Waals surface area contributed by atoms with E-state index in [2.05, 4.69) is 46.9 Å². The van der Waals surface area contributed by atoms with E-state index in [1.54, 1.807) is 0 Å². The van der Waals surface area contributed by atoms with Crippen LogP contribution in [-0.4, -0.2) is 47.0 Å². The summed E-state index contributed by atoms with van der Waals surface area (Å²) < 4.78 is 5.21. The summed E-state index contributed by atoms with van der Waals surface area (Å²) in [6.07, 6.45) is 10.7. The highest BCUT2D eigenvalue weighted by Crippen LogP contribution is 2.32. The largest absolute Gasteiger partial charge is 0.463 e. The van der Waals surface area contributed by atoms with Crippen LogP contribution in [0.15, 0.2) is 12.2 Å². The van der Waals surface area contributed by atoms with Crippen molar-refractivity contribution in [2.75, 3.05) is 13.2 Å². The molecule has 5 nitrogen and oxygen atoms in total. The molecule has 1 aliphatic rings. The number of unbranched alkanes of at least 4 members (excludes halogenated alkanes) is 4. The van der Waals surface area contributed by atoms with Gasteiger partial charge in [-0.3, -0.25) is 4.79 Å². The summed E-state index contributed by atoms with van der Waals surface area (Å²) in [5, 5.41) is 3.67. The Morgan fingerprint density at radius 2 is 1.57 bits per heavy atom. The zero-order valence-electron chi connectivity index (χ0n) is 19.0. The smallest absolute Gasteiger partial charge is 0.330 e. The van der Waals surface area contributed by atoms with Gasteiger partial charge in [0.05, 0.1) is 6.61 Å². The molecular formula is C23H42N2O3. The minimum absolute atomic E-state index is 0.0295. The van der Waals surface area contributed by atoms with Gasteiger partial charge in [0.15, 0.2) is 0 Å². The van der Waals surface area contributed by atoms with Crippen molar-refractivity contribution in [2.24, 2.45) is 0 Å². The molecule has 5 heteroatoms. The van der Waals surface area contributed by atoms with Crippen molar-refractivity contribution < 1.29 is 14.3 Å². The standard InChI is InChI=1S/C23H42N2O3/c1-7-9-11-12-16-28-21(27)14-13-20(26)25(15-10-8-2)19-17-22(3,4)24-23(5,6)18-19/h13-14,19,24H,7-12,15-18H2,1-6H3/b14-13-. The molecule has 1 amide bonds. The number of amides is 1. The molecule has 0 saturated carbocycles. The van der Waals surface area contributed by atoms with Crippen molar-refractivity contribution >= 4 is 11.9 Å². The maximum atomic E-state index is 12.9. The molecule has 1 fully saturated rings. The first-order valence-electron chi connectivity index (χ1n) is 11.0. The van der Waals surface area contributed by atoms with Crippen molar-refractivity contribution in [1.82, 2.24) is 10.2 Å². The maximum absolute atomic E-state index is 12.9. The number of rotatable bonds is 11. The topological polar surface area (TPSA) is 58.6 Å². The van der Waals surface area contributed by atoms with E-state index >= 15 is 0 Å². The highest BCUT2D eigenvalue weighted by atomic mass is 16.5. The Hall–Kier alpha value is -1.36. The third-order valence-corrected chi connectivity index (χ3v) is 5.25. The van der Waals surface area contributed by atoms with Gasteiger partial charge in [-0.1, -0.05) is 39.5 Å². The Labute approximate surface area is 172 Å². The van der Waals surface area contributed by atoms with Gasteiger partial charge in [-0.05, 0) is 53.4 Å². The monoisotopic (exact) mass is 394 g/mol. The Kier molecular flexibility index (Phi) is 10.2. The Bertz CT molecular complexity index is 510. The molecule has 1 saturated heterocycles. The predicted molar refractivity (Wildman–Crippen MR) is 115 cm³/mol. The summed E-state index contributed by atoms with van der Waals surface area (Å²) in [5.41, 5.74) is -0.0589. The molecule has 0 radical (unpaired) electrons. The second-order valence-electron chi connectivity index (χ2n) is 9.40. The lowest BCUT2D eigenvalue weighted by Gasteiger charge is -2.49. The van der Waals surface area contributed by atoms with E-state index in [1.807, 2.05) is 4.90 Å². The SMILES string of the molecule is CCCCCCOC(=O)/C=C\C(=O)N(CCCC)C1CC(C)(C)NC(C)(C)C1. The molecule has 0 aliphatic carbocycles. The number of hydrogen-bond acceptors (Lipinski definition) is 4. The van der Waals surface area contributed by atoms with E-state index in [-0.39, 0.29) is 23.0 Å². The van der Waals surface area contributed by atoms with Crippen LogP contribution in [0.5, 0.6) is 0 Å². The summed E-state index contributed by atoms with van der Waals surface area (Å²) in [6, 6.07) is 0.167. The van der Waals surface area contributed by atoms with E-state index < -0.39 is 5.97 Å². The summed E-state index contributed by atoms with van der Waals surface area (Å²) >= 11 is 0. The molecule has 1 aliphatic heterocycles. The Morgan fingerprint density at radius 1 is 0.964 bits per heavy atom. The van der Waals surface area contributed by atoms with Crippen molar-refractivity contribution in [3.63, 3.8) is 0 Å². The number of esters is 1. The summed E-state index contributed by atoms with van der Waals surface area (Å²) in [6.45, 7) is 14.2. The molecule has 28 heavy (non-hydrogen) atoms.